The molecule has 0 saturated carbocycles. The Hall–Kier alpha value is -2.95. The van der Waals surface area contributed by atoms with E-state index in [2.05, 4.69) is 33.4 Å². The first-order valence-electron chi connectivity index (χ1n) is 14.2. The van der Waals surface area contributed by atoms with Crippen LogP contribution < -0.4 is 9.47 Å². The van der Waals surface area contributed by atoms with Gasteiger partial charge >= 0.3 is 5.97 Å². The maximum absolute atomic E-state index is 13.3. The average molecular weight is 578 g/mol. The summed E-state index contributed by atoms with van der Waals surface area (Å²) in [5.74, 6) is 1.14. The van der Waals surface area contributed by atoms with Crippen LogP contribution in [0.4, 0.5) is 0 Å². The van der Waals surface area contributed by atoms with Gasteiger partial charge in [-0.2, -0.15) is 5.26 Å². The van der Waals surface area contributed by atoms with E-state index < -0.39 is 0 Å². The molecular formula is C33H39NO4S2. The highest BCUT2D eigenvalue weighted by molar-refractivity contribution is 8.24. The van der Waals surface area contributed by atoms with Gasteiger partial charge < -0.3 is 9.47 Å². The first-order chi connectivity index (χ1) is 19.4. The summed E-state index contributed by atoms with van der Waals surface area (Å²) in [6.07, 6.45) is 7.57. The number of nitriles is 1. The van der Waals surface area contributed by atoms with Gasteiger partial charge in [0.2, 0.25) is 5.78 Å². The minimum atomic E-state index is -0.340. The molecule has 0 aliphatic carbocycles. The molecule has 1 heterocycles. The molecule has 0 fully saturated rings. The number of thioether (sulfide) groups is 2. The van der Waals surface area contributed by atoms with Gasteiger partial charge in [0.05, 0.1) is 19.9 Å². The Morgan fingerprint density at radius 2 is 1.40 bits per heavy atom. The molecule has 3 rings (SSSR count). The van der Waals surface area contributed by atoms with Crippen LogP contribution in [0.1, 0.15) is 89.4 Å². The van der Waals surface area contributed by atoms with Gasteiger partial charge in [0.25, 0.3) is 0 Å². The number of hydrogen-bond donors (Lipinski definition) is 0. The number of fused-ring (bicyclic) bond motifs is 1. The van der Waals surface area contributed by atoms with Crippen molar-refractivity contribution in [3.05, 3.63) is 70.2 Å². The molecule has 40 heavy (non-hydrogen) atoms. The molecule has 2 atom stereocenters. The van der Waals surface area contributed by atoms with Crippen LogP contribution in [0.2, 0.25) is 0 Å². The van der Waals surface area contributed by atoms with Gasteiger partial charge in [-0.1, -0.05) is 114 Å². The van der Waals surface area contributed by atoms with Crippen LogP contribution >= 0.6 is 23.5 Å². The van der Waals surface area contributed by atoms with Crippen molar-refractivity contribution in [3.63, 3.8) is 0 Å². The van der Waals surface area contributed by atoms with E-state index in [0.29, 0.717) is 38.4 Å². The number of unbranched alkanes of at least 4 members (excludes halogenated alkanes) is 2. The zero-order valence-corrected chi connectivity index (χ0v) is 25.6. The number of allylic oxidation sites excluding steroid dienone is 2. The summed E-state index contributed by atoms with van der Waals surface area (Å²) in [6, 6.07) is 14.5. The molecule has 7 heteroatoms. The molecule has 2 aromatic carbocycles. The summed E-state index contributed by atoms with van der Waals surface area (Å²) >= 11 is 2.59. The Morgan fingerprint density at radius 1 is 0.850 bits per heavy atom. The standard InChI is InChI=1S/C33H39NO4S2/c1-6-10-15-23(8-3)22(5)37-27-19-20-28(38-32(36)24(9-4)16-11-7-2)31-30(27)39-33(40-31)26(21-34)29(35)25-17-13-12-14-18-25/h12-14,17-20,23-24H,5-11,15-16H2,1-4H3/b33-26-. The summed E-state index contributed by atoms with van der Waals surface area (Å²) in [7, 11) is 0. The van der Waals surface area contributed by atoms with Crippen molar-refractivity contribution in [2.24, 2.45) is 11.8 Å². The predicted octanol–water partition coefficient (Wildman–Crippen LogP) is 9.73. The molecule has 2 aromatic rings. The van der Waals surface area contributed by atoms with E-state index in [9.17, 15) is 14.9 Å². The minimum Gasteiger partial charge on any atom is -0.461 e. The first-order valence-corrected chi connectivity index (χ1v) is 15.9. The van der Waals surface area contributed by atoms with Gasteiger partial charge in [-0.3, -0.25) is 9.59 Å². The van der Waals surface area contributed by atoms with Gasteiger partial charge in [0.1, 0.15) is 28.9 Å². The van der Waals surface area contributed by atoms with Crippen molar-refractivity contribution < 1.29 is 19.1 Å². The Balaban J connectivity index is 2.00. The number of benzene rings is 2. The Bertz CT molecular complexity index is 1220. The van der Waals surface area contributed by atoms with E-state index in [4.69, 9.17) is 9.47 Å². The molecule has 1 aliphatic heterocycles. The number of nitrogens with zero attached hydrogens (tertiary/aromatic N) is 1. The fourth-order valence-corrected chi connectivity index (χ4v) is 7.09. The van der Waals surface area contributed by atoms with Gasteiger partial charge in [-0.05, 0) is 37.8 Å². The number of carbonyl (C=O) groups is 2. The van der Waals surface area contributed by atoms with Crippen LogP contribution in [0.3, 0.4) is 0 Å². The van der Waals surface area contributed by atoms with E-state index in [0.717, 1.165) is 49.8 Å². The molecular weight excluding hydrogens is 539 g/mol. The van der Waals surface area contributed by atoms with Crippen LogP contribution in [0, 0.1) is 23.2 Å². The fourth-order valence-electron chi connectivity index (χ4n) is 4.51. The van der Waals surface area contributed by atoms with E-state index >= 15 is 0 Å². The first kappa shape index (κ1) is 31.6. The lowest BCUT2D eigenvalue weighted by Gasteiger charge is -2.20. The third kappa shape index (κ3) is 7.83. The number of ketones is 1. The van der Waals surface area contributed by atoms with Gasteiger partial charge in [0.15, 0.2) is 0 Å². The summed E-state index contributed by atoms with van der Waals surface area (Å²) in [4.78, 5) is 27.8. The maximum atomic E-state index is 13.3. The Labute approximate surface area is 247 Å². The van der Waals surface area contributed by atoms with Crippen molar-refractivity contribution in [2.75, 3.05) is 0 Å². The van der Waals surface area contributed by atoms with Crippen molar-refractivity contribution in [2.45, 2.75) is 88.9 Å². The molecule has 0 saturated heterocycles. The maximum Gasteiger partial charge on any atom is 0.314 e. The van der Waals surface area contributed by atoms with E-state index in [1.807, 2.05) is 13.0 Å². The number of ether oxygens (including phenoxy) is 2. The Kier molecular flexibility index (Phi) is 12.4. The molecule has 212 valence electrons. The lowest BCUT2D eigenvalue weighted by atomic mass is 9.98. The lowest BCUT2D eigenvalue weighted by Crippen LogP contribution is -2.20. The second-order valence-corrected chi connectivity index (χ2v) is 12.2. The molecule has 0 N–H and O–H groups in total. The van der Waals surface area contributed by atoms with Crippen molar-refractivity contribution in [1.82, 2.24) is 0 Å². The second kappa shape index (κ2) is 15.7. The molecule has 5 nitrogen and oxygen atoms in total. The monoisotopic (exact) mass is 577 g/mol. The van der Waals surface area contributed by atoms with Crippen molar-refractivity contribution >= 4 is 35.3 Å². The third-order valence-corrected chi connectivity index (χ3v) is 9.67. The fraction of sp³-hybridized carbons (Fsp3) is 0.424. The highest BCUT2D eigenvalue weighted by atomic mass is 32.2. The van der Waals surface area contributed by atoms with E-state index in [-0.39, 0.29) is 29.2 Å². The summed E-state index contributed by atoms with van der Waals surface area (Å²) in [5, 5.41) is 10.0. The molecule has 0 radical (unpaired) electrons. The van der Waals surface area contributed by atoms with Crippen LogP contribution in [0.5, 0.6) is 11.5 Å². The van der Waals surface area contributed by atoms with Crippen LogP contribution in [-0.2, 0) is 4.79 Å². The summed E-state index contributed by atoms with van der Waals surface area (Å²) in [5.41, 5.74) is 0.506. The van der Waals surface area contributed by atoms with Crippen LogP contribution in [0.15, 0.2) is 74.4 Å². The molecule has 0 aromatic heterocycles. The van der Waals surface area contributed by atoms with Gasteiger partial charge in [-0.25, -0.2) is 0 Å². The van der Waals surface area contributed by atoms with Crippen LogP contribution in [-0.4, -0.2) is 11.8 Å². The Morgan fingerprint density at radius 3 is 1.93 bits per heavy atom. The topological polar surface area (TPSA) is 76.4 Å². The number of hydrogen-bond acceptors (Lipinski definition) is 7. The zero-order valence-electron chi connectivity index (χ0n) is 24.0. The zero-order chi connectivity index (χ0) is 29.1. The molecule has 1 aliphatic rings. The van der Waals surface area contributed by atoms with Gasteiger partial charge in [0, 0.05) is 11.5 Å². The molecule has 0 spiro atoms. The smallest absolute Gasteiger partial charge is 0.314 e. The number of rotatable bonds is 15. The summed E-state index contributed by atoms with van der Waals surface area (Å²) < 4.78 is 12.8. The van der Waals surface area contributed by atoms with Crippen molar-refractivity contribution in [3.8, 4) is 17.6 Å². The quantitative estimate of drug-likeness (QED) is 0.0521. The highest BCUT2D eigenvalue weighted by Crippen LogP contribution is 2.59. The number of Topliss-reactive ketones (excluding diaryl/α,β-unsaturated/α-hetero) is 1. The van der Waals surface area contributed by atoms with E-state index in [1.165, 1.54) is 23.5 Å². The van der Waals surface area contributed by atoms with Gasteiger partial charge in [-0.15, -0.1) is 0 Å². The average Bonchev–Trinajstić information content (AvgIpc) is 3.41. The summed E-state index contributed by atoms with van der Waals surface area (Å²) in [6.45, 7) is 12.6. The van der Waals surface area contributed by atoms with E-state index in [1.54, 1.807) is 36.4 Å². The SMILES string of the molecule is C=C(Oc1ccc(OC(=O)C(CC)CCCC)c2c1S/C(=C(\C#N)C(=O)c1ccccc1)S2)C(CC)CCCC. The third-order valence-electron chi connectivity index (χ3n) is 7.05. The minimum absolute atomic E-state index is 0.0585. The normalized spacial score (nSPS) is 15.0. The number of carbonyl (C=O) groups excluding carboxylic acids is 2. The predicted molar refractivity (Wildman–Crippen MR) is 164 cm³/mol. The lowest BCUT2D eigenvalue weighted by molar-refractivity contribution is -0.139. The number of esters is 1. The highest BCUT2D eigenvalue weighted by Gasteiger charge is 2.32. The van der Waals surface area contributed by atoms with Crippen molar-refractivity contribution in [1.29, 1.82) is 5.26 Å². The molecule has 0 amide bonds. The molecule has 0 bridgehead atoms. The van der Waals surface area contributed by atoms with Crippen LogP contribution in [0.25, 0.3) is 0 Å². The largest absolute Gasteiger partial charge is 0.461 e. The molecule has 2 unspecified atom stereocenters. The second-order valence-electron chi connectivity index (χ2n) is 9.88.